The summed E-state index contributed by atoms with van der Waals surface area (Å²) in [6.07, 6.45) is 6.56. The number of hydrogen-bond acceptors (Lipinski definition) is 4. The number of pyridine rings is 1. The van der Waals surface area contributed by atoms with E-state index >= 15 is 0 Å². The van der Waals surface area contributed by atoms with Crippen molar-refractivity contribution >= 4 is 43.9 Å². The fourth-order valence-corrected chi connectivity index (χ4v) is 5.82. The molecule has 4 rings (SSSR count). The highest BCUT2D eigenvalue weighted by Gasteiger charge is 2.54. The van der Waals surface area contributed by atoms with Crippen molar-refractivity contribution in [3.8, 4) is 0 Å². The SMILES string of the molecule is Cc1c(Cc2ccc(I)cc2F)c(NS(=O)(=O)C2(CCO)CC2)cn2ccnc12. The Labute approximate surface area is 182 Å². The van der Waals surface area contributed by atoms with E-state index in [1.165, 1.54) is 6.07 Å². The van der Waals surface area contributed by atoms with Gasteiger partial charge in [-0.05, 0) is 77.6 Å². The van der Waals surface area contributed by atoms with Crippen LogP contribution in [-0.4, -0.2) is 34.3 Å². The van der Waals surface area contributed by atoms with Crippen LogP contribution in [-0.2, 0) is 16.4 Å². The van der Waals surface area contributed by atoms with Crippen LogP contribution in [0.15, 0.2) is 36.8 Å². The normalized spacial score (nSPS) is 15.6. The van der Waals surface area contributed by atoms with Crippen molar-refractivity contribution < 1.29 is 17.9 Å². The number of fused-ring (bicyclic) bond motifs is 1. The fourth-order valence-electron chi connectivity index (χ4n) is 3.68. The van der Waals surface area contributed by atoms with Crippen LogP contribution in [0.25, 0.3) is 5.65 Å². The van der Waals surface area contributed by atoms with E-state index < -0.39 is 14.8 Å². The van der Waals surface area contributed by atoms with Crippen molar-refractivity contribution in [1.82, 2.24) is 9.38 Å². The first kappa shape index (κ1) is 20.5. The maximum Gasteiger partial charge on any atom is 0.238 e. The number of halogens is 2. The highest BCUT2D eigenvalue weighted by molar-refractivity contribution is 14.1. The molecule has 0 aliphatic heterocycles. The van der Waals surface area contributed by atoms with Crippen molar-refractivity contribution in [2.75, 3.05) is 11.3 Å². The average molecular weight is 529 g/mol. The molecule has 9 heteroatoms. The van der Waals surface area contributed by atoms with Crippen molar-refractivity contribution in [2.24, 2.45) is 0 Å². The molecule has 3 aromatic rings. The maximum atomic E-state index is 14.5. The van der Waals surface area contributed by atoms with Crippen LogP contribution < -0.4 is 4.72 Å². The van der Waals surface area contributed by atoms with Gasteiger partial charge in [-0.2, -0.15) is 0 Å². The Morgan fingerprint density at radius 3 is 2.79 bits per heavy atom. The van der Waals surface area contributed by atoms with Crippen LogP contribution >= 0.6 is 22.6 Å². The third-order valence-electron chi connectivity index (χ3n) is 5.62. The van der Waals surface area contributed by atoms with Crippen LogP contribution in [0.1, 0.15) is 36.0 Å². The number of benzene rings is 1. The molecule has 2 N–H and O–H groups in total. The molecular formula is C20H21FIN3O3S. The van der Waals surface area contributed by atoms with E-state index in [2.05, 4.69) is 32.3 Å². The van der Waals surface area contributed by atoms with E-state index in [0.29, 0.717) is 35.3 Å². The first-order chi connectivity index (χ1) is 13.8. The molecule has 0 radical (unpaired) electrons. The number of imidazole rings is 1. The standard InChI is InChI=1S/C20H21FIN3O3S/c1-13-16(10-14-2-3-15(22)11-17(14)21)18(12-25-8-7-23-19(13)25)24-29(27,28)20(4-5-20)6-9-26/h2-3,7-8,11-12,24,26H,4-6,9-10H2,1H3. The smallest absolute Gasteiger partial charge is 0.238 e. The molecule has 1 saturated carbocycles. The number of aliphatic hydroxyl groups excluding tert-OH is 1. The minimum Gasteiger partial charge on any atom is -0.396 e. The summed E-state index contributed by atoms with van der Waals surface area (Å²) in [6, 6.07) is 5.01. The van der Waals surface area contributed by atoms with Crippen molar-refractivity contribution in [2.45, 2.75) is 37.4 Å². The van der Waals surface area contributed by atoms with E-state index in [0.717, 1.165) is 9.13 Å². The number of aliphatic hydroxyl groups is 1. The molecule has 0 bridgehead atoms. The maximum absolute atomic E-state index is 14.5. The van der Waals surface area contributed by atoms with Gasteiger partial charge < -0.3 is 9.51 Å². The molecule has 1 aliphatic rings. The Morgan fingerprint density at radius 2 is 2.14 bits per heavy atom. The molecule has 1 fully saturated rings. The molecule has 0 atom stereocenters. The summed E-state index contributed by atoms with van der Waals surface area (Å²) in [5, 5.41) is 9.28. The van der Waals surface area contributed by atoms with E-state index in [9.17, 15) is 17.9 Å². The van der Waals surface area contributed by atoms with Gasteiger partial charge in [0.2, 0.25) is 10.0 Å². The lowest BCUT2D eigenvalue weighted by molar-refractivity contribution is 0.283. The quantitative estimate of drug-likeness (QED) is 0.458. The van der Waals surface area contributed by atoms with Gasteiger partial charge in [0.25, 0.3) is 0 Å². The number of sulfonamides is 1. The third-order valence-corrected chi connectivity index (χ3v) is 8.53. The van der Waals surface area contributed by atoms with Gasteiger partial charge >= 0.3 is 0 Å². The van der Waals surface area contributed by atoms with Crippen molar-refractivity contribution in [1.29, 1.82) is 0 Å². The van der Waals surface area contributed by atoms with Crippen LogP contribution in [0.5, 0.6) is 0 Å². The van der Waals surface area contributed by atoms with Gasteiger partial charge in [0.15, 0.2) is 0 Å². The second-order valence-electron chi connectivity index (χ2n) is 7.48. The summed E-state index contributed by atoms with van der Waals surface area (Å²) >= 11 is 2.05. The number of aromatic nitrogens is 2. The Balaban J connectivity index is 1.79. The largest absolute Gasteiger partial charge is 0.396 e. The van der Waals surface area contributed by atoms with E-state index in [1.807, 2.05) is 13.0 Å². The zero-order valence-corrected chi connectivity index (χ0v) is 18.8. The first-order valence-electron chi connectivity index (χ1n) is 9.29. The lowest BCUT2D eigenvalue weighted by atomic mass is 10.00. The summed E-state index contributed by atoms with van der Waals surface area (Å²) in [6.45, 7) is 1.68. The van der Waals surface area contributed by atoms with E-state index in [1.54, 1.807) is 29.1 Å². The van der Waals surface area contributed by atoms with Gasteiger partial charge in [0.05, 0.1) is 10.4 Å². The Kier molecular flexibility index (Phi) is 5.32. The lowest BCUT2D eigenvalue weighted by Gasteiger charge is -2.20. The topological polar surface area (TPSA) is 83.7 Å². The second-order valence-corrected chi connectivity index (χ2v) is 10.8. The molecule has 0 amide bonds. The zero-order valence-electron chi connectivity index (χ0n) is 15.8. The van der Waals surface area contributed by atoms with E-state index in [-0.39, 0.29) is 25.3 Å². The lowest BCUT2D eigenvalue weighted by Crippen LogP contribution is -2.31. The van der Waals surface area contributed by atoms with Crippen LogP contribution in [0.3, 0.4) is 0 Å². The van der Waals surface area contributed by atoms with Crippen LogP contribution in [0.4, 0.5) is 10.1 Å². The summed E-state index contributed by atoms with van der Waals surface area (Å²) in [4.78, 5) is 4.34. The molecule has 0 saturated heterocycles. The molecular weight excluding hydrogens is 508 g/mol. The van der Waals surface area contributed by atoms with Crippen LogP contribution in [0.2, 0.25) is 0 Å². The van der Waals surface area contributed by atoms with Gasteiger partial charge in [0.1, 0.15) is 11.5 Å². The molecule has 1 aromatic carbocycles. The number of aryl methyl sites for hydroxylation is 1. The molecule has 6 nitrogen and oxygen atoms in total. The Morgan fingerprint density at radius 1 is 1.38 bits per heavy atom. The highest BCUT2D eigenvalue weighted by Crippen LogP contribution is 2.47. The molecule has 1 aliphatic carbocycles. The first-order valence-corrected chi connectivity index (χ1v) is 11.8. The number of anilines is 1. The van der Waals surface area contributed by atoms with Crippen LogP contribution in [0, 0.1) is 16.3 Å². The predicted molar refractivity (Wildman–Crippen MR) is 118 cm³/mol. The summed E-state index contributed by atoms with van der Waals surface area (Å²) in [7, 11) is -3.70. The van der Waals surface area contributed by atoms with Gasteiger partial charge in [0, 0.05) is 35.2 Å². The third kappa shape index (κ3) is 3.75. The summed E-state index contributed by atoms with van der Waals surface area (Å²) < 4.78 is 45.0. The summed E-state index contributed by atoms with van der Waals surface area (Å²) in [5.74, 6) is -0.327. The Hall–Kier alpha value is -1.72. The van der Waals surface area contributed by atoms with Gasteiger partial charge in [-0.1, -0.05) is 6.07 Å². The fraction of sp³-hybridized carbons (Fsp3) is 0.350. The number of nitrogens with zero attached hydrogens (tertiary/aromatic N) is 2. The molecule has 0 unspecified atom stereocenters. The van der Waals surface area contributed by atoms with Gasteiger partial charge in [-0.3, -0.25) is 4.72 Å². The minimum absolute atomic E-state index is 0.179. The van der Waals surface area contributed by atoms with Gasteiger partial charge in [-0.15, -0.1) is 0 Å². The highest BCUT2D eigenvalue weighted by atomic mass is 127. The van der Waals surface area contributed by atoms with Crippen molar-refractivity contribution in [3.63, 3.8) is 0 Å². The number of rotatable bonds is 7. The monoisotopic (exact) mass is 529 g/mol. The second kappa shape index (κ2) is 7.51. The molecule has 29 heavy (non-hydrogen) atoms. The van der Waals surface area contributed by atoms with Gasteiger partial charge in [-0.25, -0.2) is 17.8 Å². The Bertz CT molecular complexity index is 1190. The molecule has 2 heterocycles. The van der Waals surface area contributed by atoms with E-state index in [4.69, 9.17) is 0 Å². The summed E-state index contributed by atoms with van der Waals surface area (Å²) in [5.41, 5.74) is 3.08. The zero-order chi connectivity index (χ0) is 20.8. The number of hydrogen-bond donors (Lipinski definition) is 2. The molecule has 0 spiro atoms. The predicted octanol–water partition coefficient (Wildman–Crippen LogP) is 3.63. The molecule has 154 valence electrons. The average Bonchev–Trinajstić information content (AvgIpc) is 3.30. The van der Waals surface area contributed by atoms with Crippen molar-refractivity contribution in [3.05, 3.63) is 62.9 Å². The molecule has 2 aromatic heterocycles. The number of nitrogens with one attached hydrogen (secondary N) is 1. The minimum atomic E-state index is -3.70.